The van der Waals surface area contributed by atoms with Crippen LogP contribution < -0.4 is 4.74 Å². The zero-order valence-corrected chi connectivity index (χ0v) is 17.7. The van der Waals surface area contributed by atoms with Gasteiger partial charge < -0.3 is 18.8 Å². The molecule has 5 nitrogen and oxygen atoms in total. The maximum Gasteiger partial charge on any atom is 0.410 e. The first kappa shape index (κ1) is 20.1. The van der Waals surface area contributed by atoms with Gasteiger partial charge in [-0.1, -0.05) is 30.3 Å². The smallest absolute Gasteiger partial charge is 0.410 e. The molecule has 1 aromatic heterocycles. The van der Waals surface area contributed by atoms with E-state index in [1.165, 1.54) is 5.56 Å². The average Bonchev–Trinajstić information content (AvgIpc) is 3.25. The summed E-state index contributed by atoms with van der Waals surface area (Å²) < 4.78 is 17.4. The third-order valence-electron chi connectivity index (χ3n) is 4.99. The van der Waals surface area contributed by atoms with E-state index in [1.807, 2.05) is 69.3 Å². The first-order valence-corrected chi connectivity index (χ1v) is 10.2. The van der Waals surface area contributed by atoms with Crippen molar-refractivity contribution < 1.29 is 18.7 Å². The second kappa shape index (κ2) is 8.27. The Morgan fingerprint density at radius 1 is 1.07 bits per heavy atom. The Morgan fingerprint density at radius 2 is 1.87 bits per heavy atom. The van der Waals surface area contributed by atoms with Crippen molar-refractivity contribution in [1.82, 2.24) is 4.90 Å². The molecular formula is C25H27NO4. The predicted molar refractivity (Wildman–Crippen MR) is 115 cm³/mol. The van der Waals surface area contributed by atoms with Gasteiger partial charge in [0.2, 0.25) is 0 Å². The summed E-state index contributed by atoms with van der Waals surface area (Å²) in [5, 5.41) is 0. The standard InChI is InChI=1S/C25H27NO4/c1-25(2,3)30-24(27)26-12-11-19-14-21(22-10-7-13-28-22)23(15-20(19)16-26)29-17-18-8-5-4-6-9-18/h4-10,13-15H,11-12,16-17H2,1-3H3. The van der Waals surface area contributed by atoms with Crippen LogP contribution in [0.25, 0.3) is 11.3 Å². The minimum absolute atomic E-state index is 0.282. The summed E-state index contributed by atoms with van der Waals surface area (Å²) in [6.45, 7) is 7.24. The van der Waals surface area contributed by atoms with Gasteiger partial charge in [-0.05, 0) is 68.1 Å². The minimum Gasteiger partial charge on any atom is -0.488 e. The second-order valence-corrected chi connectivity index (χ2v) is 8.52. The van der Waals surface area contributed by atoms with E-state index in [9.17, 15) is 4.79 Å². The molecule has 0 fully saturated rings. The van der Waals surface area contributed by atoms with Crippen molar-refractivity contribution in [2.75, 3.05) is 6.54 Å². The zero-order chi connectivity index (χ0) is 21.1. The van der Waals surface area contributed by atoms with Crippen LogP contribution in [0.1, 0.15) is 37.5 Å². The Bertz CT molecular complexity index is 1000. The number of furan rings is 1. The molecule has 0 unspecified atom stereocenters. The van der Waals surface area contributed by atoms with Crippen molar-refractivity contribution in [2.45, 2.75) is 45.9 Å². The molecule has 0 bridgehead atoms. The second-order valence-electron chi connectivity index (χ2n) is 8.52. The van der Waals surface area contributed by atoms with E-state index >= 15 is 0 Å². The summed E-state index contributed by atoms with van der Waals surface area (Å²) in [4.78, 5) is 14.3. The molecule has 0 saturated heterocycles. The molecule has 3 aromatic rings. The Kier molecular flexibility index (Phi) is 5.53. The van der Waals surface area contributed by atoms with Gasteiger partial charge in [-0.25, -0.2) is 4.79 Å². The lowest BCUT2D eigenvalue weighted by Crippen LogP contribution is -2.39. The SMILES string of the molecule is CC(C)(C)OC(=O)N1CCc2cc(-c3ccco3)c(OCc3ccccc3)cc2C1. The van der Waals surface area contributed by atoms with E-state index in [2.05, 4.69) is 6.07 Å². The average molecular weight is 405 g/mol. The monoisotopic (exact) mass is 405 g/mol. The highest BCUT2D eigenvalue weighted by atomic mass is 16.6. The number of benzene rings is 2. The molecule has 2 heterocycles. The van der Waals surface area contributed by atoms with E-state index in [-0.39, 0.29) is 6.09 Å². The Labute approximate surface area is 177 Å². The molecule has 2 aromatic carbocycles. The predicted octanol–water partition coefficient (Wildman–Crippen LogP) is 5.82. The van der Waals surface area contributed by atoms with Crippen LogP contribution in [0.3, 0.4) is 0 Å². The van der Waals surface area contributed by atoms with Gasteiger partial charge in [0.1, 0.15) is 23.7 Å². The number of ether oxygens (including phenoxy) is 2. The molecule has 30 heavy (non-hydrogen) atoms. The van der Waals surface area contributed by atoms with Crippen LogP contribution in [0.15, 0.2) is 65.3 Å². The molecule has 0 atom stereocenters. The third kappa shape index (κ3) is 4.67. The van der Waals surface area contributed by atoms with E-state index in [4.69, 9.17) is 13.9 Å². The number of rotatable bonds is 4. The molecule has 1 aliphatic heterocycles. The van der Waals surface area contributed by atoms with Gasteiger partial charge in [-0.3, -0.25) is 0 Å². The van der Waals surface area contributed by atoms with Crippen molar-refractivity contribution >= 4 is 6.09 Å². The topological polar surface area (TPSA) is 51.9 Å². The van der Waals surface area contributed by atoms with Crippen molar-refractivity contribution in [1.29, 1.82) is 0 Å². The van der Waals surface area contributed by atoms with E-state index in [0.717, 1.165) is 34.6 Å². The summed E-state index contributed by atoms with van der Waals surface area (Å²) in [5.41, 5.74) is 3.79. The van der Waals surface area contributed by atoms with E-state index in [0.29, 0.717) is 19.7 Å². The van der Waals surface area contributed by atoms with Gasteiger partial charge in [0.15, 0.2) is 0 Å². The molecule has 156 valence electrons. The van der Waals surface area contributed by atoms with Crippen molar-refractivity contribution in [3.8, 4) is 17.1 Å². The summed E-state index contributed by atoms with van der Waals surface area (Å²) in [5.74, 6) is 1.52. The first-order valence-electron chi connectivity index (χ1n) is 10.2. The van der Waals surface area contributed by atoms with Crippen molar-refractivity contribution in [2.24, 2.45) is 0 Å². The fraction of sp³-hybridized carbons (Fsp3) is 0.320. The number of carbonyl (C=O) groups excluding carboxylic acids is 1. The molecular weight excluding hydrogens is 378 g/mol. The largest absolute Gasteiger partial charge is 0.488 e. The number of nitrogens with zero attached hydrogens (tertiary/aromatic N) is 1. The van der Waals surface area contributed by atoms with Crippen LogP contribution in [0.4, 0.5) is 4.79 Å². The van der Waals surface area contributed by atoms with Crippen LogP contribution in [-0.2, 0) is 24.3 Å². The van der Waals surface area contributed by atoms with Crippen LogP contribution in [0.2, 0.25) is 0 Å². The van der Waals surface area contributed by atoms with Gasteiger partial charge >= 0.3 is 6.09 Å². The third-order valence-corrected chi connectivity index (χ3v) is 4.99. The van der Waals surface area contributed by atoms with Crippen LogP contribution in [0.5, 0.6) is 5.75 Å². The molecule has 0 aliphatic carbocycles. The van der Waals surface area contributed by atoms with Gasteiger partial charge in [-0.2, -0.15) is 0 Å². The fourth-order valence-electron chi connectivity index (χ4n) is 3.55. The zero-order valence-electron chi connectivity index (χ0n) is 17.7. The highest BCUT2D eigenvalue weighted by Crippen LogP contribution is 2.36. The van der Waals surface area contributed by atoms with Gasteiger partial charge in [0.25, 0.3) is 0 Å². The quantitative estimate of drug-likeness (QED) is 0.549. The fourth-order valence-corrected chi connectivity index (χ4v) is 3.55. The lowest BCUT2D eigenvalue weighted by molar-refractivity contribution is 0.0223. The Hall–Kier alpha value is -3.21. The number of hydrogen-bond donors (Lipinski definition) is 0. The van der Waals surface area contributed by atoms with Gasteiger partial charge in [-0.15, -0.1) is 0 Å². The number of amides is 1. The maximum absolute atomic E-state index is 12.5. The molecule has 1 aliphatic rings. The molecule has 0 N–H and O–H groups in total. The molecule has 0 radical (unpaired) electrons. The molecule has 0 spiro atoms. The lowest BCUT2D eigenvalue weighted by Gasteiger charge is -2.31. The lowest BCUT2D eigenvalue weighted by atomic mass is 9.95. The van der Waals surface area contributed by atoms with Crippen LogP contribution in [0, 0.1) is 0 Å². The van der Waals surface area contributed by atoms with Gasteiger partial charge in [0, 0.05) is 13.1 Å². The number of hydrogen-bond acceptors (Lipinski definition) is 4. The minimum atomic E-state index is -0.509. The number of carbonyl (C=O) groups is 1. The van der Waals surface area contributed by atoms with Crippen LogP contribution >= 0.6 is 0 Å². The molecule has 4 rings (SSSR count). The summed E-state index contributed by atoms with van der Waals surface area (Å²) in [6, 6.07) is 18.0. The summed E-state index contributed by atoms with van der Waals surface area (Å²) in [7, 11) is 0. The van der Waals surface area contributed by atoms with Gasteiger partial charge in [0.05, 0.1) is 11.8 Å². The van der Waals surface area contributed by atoms with Crippen molar-refractivity contribution in [3.05, 3.63) is 77.6 Å². The van der Waals surface area contributed by atoms with E-state index in [1.54, 1.807) is 11.2 Å². The summed E-state index contributed by atoms with van der Waals surface area (Å²) in [6.07, 6.45) is 2.15. The first-order chi connectivity index (χ1) is 14.4. The van der Waals surface area contributed by atoms with E-state index < -0.39 is 5.60 Å². The highest BCUT2D eigenvalue weighted by molar-refractivity contribution is 5.71. The number of fused-ring (bicyclic) bond motifs is 1. The molecule has 1 amide bonds. The molecule has 0 saturated carbocycles. The Balaban J connectivity index is 1.61. The highest BCUT2D eigenvalue weighted by Gasteiger charge is 2.27. The van der Waals surface area contributed by atoms with Crippen molar-refractivity contribution in [3.63, 3.8) is 0 Å². The maximum atomic E-state index is 12.5. The normalized spacial score (nSPS) is 13.6. The van der Waals surface area contributed by atoms with Crippen LogP contribution in [-0.4, -0.2) is 23.1 Å². The summed E-state index contributed by atoms with van der Waals surface area (Å²) >= 11 is 0. The molecule has 5 heteroatoms. The Morgan fingerprint density at radius 3 is 2.57 bits per heavy atom.